The van der Waals surface area contributed by atoms with Gasteiger partial charge in [0.25, 0.3) is 15.9 Å². The van der Waals surface area contributed by atoms with Crippen LogP contribution >= 0.6 is 23.2 Å². The van der Waals surface area contributed by atoms with Crippen LogP contribution in [0.2, 0.25) is 10.0 Å². The lowest BCUT2D eigenvalue weighted by Gasteiger charge is -2.10. The highest BCUT2D eigenvalue weighted by molar-refractivity contribution is 7.90. The van der Waals surface area contributed by atoms with Crippen LogP contribution in [-0.4, -0.2) is 38.8 Å². The molecule has 0 fully saturated rings. The molecular formula is C18H15Cl2N3O5S. The second-order valence-corrected chi connectivity index (χ2v) is 8.53. The monoisotopic (exact) mass is 455 g/mol. The lowest BCUT2D eigenvalue weighted by molar-refractivity contribution is -0.148. The second kappa shape index (κ2) is 8.40. The van der Waals surface area contributed by atoms with Crippen molar-refractivity contribution in [2.24, 2.45) is 4.99 Å². The molecule has 1 aliphatic heterocycles. The molecule has 0 bridgehead atoms. The molecule has 0 aliphatic carbocycles. The molecule has 3 rings (SSSR count). The first-order chi connectivity index (χ1) is 13.7. The highest BCUT2D eigenvalue weighted by Crippen LogP contribution is 2.25. The maximum Gasteiger partial charge on any atom is 0.331 e. The number of amides is 1. The van der Waals surface area contributed by atoms with E-state index in [1.165, 1.54) is 25.1 Å². The van der Waals surface area contributed by atoms with Gasteiger partial charge in [-0.3, -0.25) is 14.5 Å². The number of carbonyl (C=O) groups excluding carboxylic acids is 2. The smallest absolute Gasteiger partial charge is 0.331 e. The summed E-state index contributed by atoms with van der Waals surface area (Å²) in [5.74, 6) is -1.37. The number of hydrogen-bond acceptors (Lipinski definition) is 6. The molecule has 8 nitrogen and oxygen atoms in total. The Kier molecular flexibility index (Phi) is 6.11. The van der Waals surface area contributed by atoms with E-state index in [1.807, 2.05) is 0 Å². The predicted molar refractivity (Wildman–Crippen MR) is 109 cm³/mol. The minimum atomic E-state index is -3.71. The van der Waals surface area contributed by atoms with Gasteiger partial charge in [0.05, 0.1) is 15.6 Å². The molecule has 0 saturated heterocycles. The van der Waals surface area contributed by atoms with Crippen molar-refractivity contribution in [2.45, 2.75) is 17.9 Å². The van der Waals surface area contributed by atoms with Gasteiger partial charge in [0.1, 0.15) is 11.9 Å². The first-order valence-electron chi connectivity index (χ1n) is 8.29. The van der Waals surface area contributed by atoms with E-state index in [0.29, 0.717) is 10.6 Å². The molecule has 0 aromatic heterocycles. The normalized spacial score (nSPS) is 16.6. The molecular weight excluding hydrogens is 441 g/mol. The molecule has 1 heterocycles. The number of fused-ring (bicyclic) bond motifs is 1. The van der Waals surface area contributed by atoms with Crippen molar-refractivity contribution in [1.82, 2.24) is 4.72 Å². The predicted octanol–water partition coefficient (Wildman–Crippen LogP) is 2.60. The van der Waals surface area contributed by atoms with Gasteiger partial charge >= 0.3 is 5.97 Å². The number of hydrogen-bond donors (Lipinski definition) is 2. The Morgan fingerprint density at radius 3 is 2.69 bits per heavy atom. The van der Waals surface area contributed by atoms with E-state index in [-0.39, 0.29) is 21.4 Å². The van der Waals surface area contributed by atoms with Crippen LogP contribution in [0.5, 0.6) is 0 Å². The molecule has 0 radical (unpaired) electrons. The molecule has 11 heteroatoms. The maximum absolute atomic E-state index is 12.1. The van der Waals surface area contributed by atoms with Gasteiger partial charge in [-0.15, -0.1) is 0 Å². The fraction of sp³-hybridized carbons (Fsp3) is 0.167. The molecule has 0 spiro atoms. The number of carbonyl (C=O) groups is 2. The van der Waals surface area contributed by atoms with Crippen LogP contribution in [0.1, 0.15) is 12.5 Å². The highest BCUT2D eigenvalue weighted by atomic mass is 35.5. The van der Waals surface area contributed by atoms with Crippen molar-refractivity contribution < 1.29 is 22.7 Å². The van der Waals surface area contributed by atoms with Crippen molar-refractivity contribution in [2.75, 3.05) is 11.9 Å². The Morgan fingerprint density at radius 1 is 1.21 bits per heavy atom. The summed E-state index contributed by atoms with van der Waals surface area (Å²) in [5.41, 5.74) is 0.644. The summed E-state index contributed by atoms with van der Waals surface area (Å²) in [5, 5.41) is 3.14. The number of sulfonamides is 1. The number of aliphatic imine (C=N–C) groups is 1. The van der Waals surface area contributed by atoms with Gasteiger partial charge in [-0.05, 0) is 37.3 Å². The minimum absolute atomic E-state index is 0.0419. The first-order valence-corrected chi connectivity index (χ1v) is 10.5. The molecule has 2 N–H and O–H groups in total. The summed E-state index contributed by atoms with van der Waals surface area (Å²) in [7, 11) is -3.71. The summed E-state index contributed by atoms with van der Waals surface area (Å²) in [6.45, 7) is 0.857. The quantitative estimate of drug-likeness (QED) is 0.672. The lowest BCUT2D eigenvalue weighted by Crippen LogP contribution is -2.28. The number of ether oxygens (including phenoxy) is 1. The average Bonchev–Trinajstić information content (AvgIpc) is 2.93. The number of benzene rings is 2. The zero-order valence-corrected chi connectivity index (χ0v) is 17.3. The minimum Gasteiger partial charge on any atom is -0.454 e. The third kappa shape index (κ3) is 4.87. The van der Waals surface area contributed by atoms with Gasteiger partial charge in [-0.2, -0.15) is 0 Å². The molecule has 0 unspecified atom stereocenters. The van der Waals surface area contributed by atoms with Gasteiger partial charge < -0.3 is 10.1 Å². The van der Waals surface area contributed by atoms with E-state index in [4.69, 9.17) is 27.9 Å². The largest absolute Gasteiger partial charge is 0.454 e. The van der Waals surface area contributed by atoms with E-state index < -0.39 is 34.5 Å². The van der Waals surface area contributed by atoms with Crippen LogP contribution in [0.15, 0.2) is 52.4 Å². The summed E-state index contributed by atoms with van der Waals surface area (Å²) < 4.78 is 31.4. The number of halogens is 2. The van der Waals surface area contributed by atoms with E-state index >= 15 is 0 Å². The molecule has 2 aromatic carbocycles. The van der Waals surface area contributed by atoms with Gasteiger partial charge in [-0.25, -0.2) is 13.2 Å². The Labute approximate surface area is 176 Å². The average molecular weight is 456 g/mol. The van der Waals surface area contributed by atoms with Crippen molar-refractivity contribution in [3.05, 3.63) is 58.1 Å². The maximum atomic E-state index is 12.1. The van der Waals surface area contributed by atoms with E-state index in [9.17, 15) is 18.0 Å². The van der Waals surface area contributed by atoms with Gasteiger partial charge in [0, 0.05) is 10.6 Å². The SMILES string of the molecule is C[C@H](N=C1NS(=O)(=O)c2ccccc21)C(=O)OCC(=O)Nc1cc(Cl)ccc1Cl. The standard InChI is InChI=1S/C18H15Cl2N3O5S/c1-10(21-17-12-4-2-3-5-15(12)29(26,27)23-17)18(25)28-9-16(24)22-14-8-11(19)6-7-13(14)20/h2-8,10H,9H2,1H3,(H,21,23)(H,22,24)/t10-/m0/s1. The molecule has 29 heavy (non-hydrogen) atoms. The number of rotatable bonds is 5. The Morgan fingerprint density at radius 2 is 1.93 bits per heavy atom. The van der Waals surface area contributed by atoms with E-state index in [0.717, 1.165) is 0 Å². The first kappa shape index (κ1) is 21.1. The molecule has 1 aliphatic rings. The lowest BCUT2D eigenvalue weighted by atomic mass is 10.2. The van der Waals surface area contributed by atoms with Crippen LogP contribution in [0.3, 0.4) is 0 Å². The number of anilines is 1. The summed E-state index contributed by atoms with van der Waals surface area (Å²) >= 11 is 11.8. The topological polar surface area (TPSA) is 114 Å². The molecule has 152 valence electrons. The van der Waals surface area contributed by atoms with Crippen LogP contribution in [-0.2, 0) is 24.3 Å². The third-order valence-electron chi connectivity index (χ3n) is 3.87. The van der Waals surface area contributed by atoms with Gasteiger partial charge in [0.2, 0.25) is 0 Å². The van der Waals surface area contributed by atoms with Crippen molar-refractivity contribution in [3.8, 4) is 0 Å². The second-order valence-electron chi connectivity index (χ2n) is 6.04. The Hall–Kier alpha value is -2.62. The van der Waals surface area contributed by atoms with Crippen LogP contribution in [0.4, 0.5) is 5.69 Å². The fourth-order valence-corrected chi connectivity index (χ4v) is 4.09. The summed E-state index contributed by atoms with van der Waals surface area (Å²) in [4.78, 5) is 28.3. The van der Waals surface area contributed by atoms with Crippen LogP contribution in [0.25, 0.3) is 0 Å². The zero-order valence-electron chi connectivity index (χ0n) is 15.0. The Bertz CT molecular complexity index is 1120. The molecule has 1 atom stereocenters. The number of nitrogens with zero attached hydrogens (tertiary/aromatic N) is 1. The van der Waals surface area contributed by atoms with Crippen molar-refractivity contribution in [3.63, 3.8) is 0 Å². The third-order valence-corrected chi connectivity index (χ3v) is 5.84. The highest BCUT2D eigenvalue weighted by Gasteiger charge is 2.31. The number of amidine groups is 1. The van der Waals surface area contributed by atoms with Crippen molar-refractivity contribution >= 4 is 56.6 Å². The number of nitrogens with one attached hydrogen (secondary N) is 2. The van der Waals surface area contributed by atoms with Gasteiger partial charge in [0.15, 0.2) is 6.61 Å². The molecule has 2 aromatic rings. The Balaban J connectivity index is 1.62. The molecule has 0 saturated carbocycles. The van der Waals surface area contributed by atoms with Gasteiger partial charge in [-0.1, -0.05) is 35.3 Å². The van der Waals surface area contributed by atoms with E-state index in [2.05, 4.69) is 15.0 Å². The zero-order chi connectivity index (χ0) is 21.2. The molecule has 1 amide bonds. The van der Waals surface area contributed by atoms with Crippen LogP contribution < -0.4 is 10.0 Å². The summed E-state index contributed by atoms with van der Waals surface area (Å²) in [6.07, 6.45) is 0. The van der Waals surface area contributed by atoms with E-state index in [1.54, 1.807) is 24.3 Å². The number of esters is 1. The van der Waals surface area contributed by atoms with Crippen LogP contribution in [0, 0.1) is 0 Å². The summed E-state index contributed by atoms with van der Waals surface area (Å²) in [6, 6.07) is 9.76. The fourth-order valence-electron chi connectivity index (χ4n) is 2.51. The van der Waals surface area contributed by atoms with Crippen molar-refractivity contribution in [1.29, 1.82) is 0 Å².